The lowest BCUT2D eigenvalue weighted by Gasteiger charge is -2.38. The van der Waals surface area contributed by atoms with Gasteiger partial charge in [-0.2, -0.15) is 0 Å². The van der Waals surface area contributed by atoms with Crippen molar-refractivity contribution in [1.29, 1.82) is 0 Å². The van der Waals surface area contributed by atoms with Gasteiger partial charge >= 0.3 is 5.97 Å². The predicted molar refractivity (Wildman–Crippen MR) is 163 cm³/mol. The lowest BCUT2D eigenvalue weighted by Crippen LogP contribution is -2.49. The largest absolute Gasteiger partial charge is 0.497 e. The Morgan fingerprint density at radius 2 is 1.43 bits per heavy atom. The van der Waals surface area contributed by atoms with Crippen molar-refractivity contribution in [2.75, 3.05) is 12.4 Å². The fourth-order valence-corrected chi connectivity index (χ4v) is 7.13. The number of benzene rings is 4. The van der Waals surface area contributed by atoms with E-state index in [-0.39, 0.29) is 17.5 Å². The van der Waals surface area contributed by atoms with Gasteiger partial charge in [-0.3, -0.25) is 19.2 Å². The Balaban J connectivity index is 1.47. The first kappa shape index (κ1) is 27.3. The van der Waals surface area contributed by atoms with Crippen molar-refractivity contribution in [3.8, 4) is 11.5 Å². The average Bonchev–Trinajstić information content (AvgIpc) is 3.52. The smallest absolute Gasteiger partial charge is 0.308 e. The second-order valence-corrected chi connectivity index (χ2v) is 11.2. The van der Waals surface area contributed by atoms with Crippen LogP contribution in [0, 0.1) is 5.92 Å². The third kappa shape index (κ3) is 3.98. The van der Waals surface area contributed by atoms with Crippen LogP contribution in [0.15, 0.2) is 103 Å². The Hall–Kier alpha value is -5.50. The molecule has 1 N–H and O–H groups in total. The molecule has 8 heteroatoms. The Labute approximate surface area is 253 Å². The molecule has 44 heavy (non-hydrogen) atoms. The summed E-state index contributed by atoms with van der Waals surface area (Å²) in [6, 6.07) is 26.5. The van der Waals surface area contributed by atoms with Gasteiger partial charge in [0.05, 0.1) is 19.1 Å². The number of anilines is 1. The monoisotopic (exact) mass is 584 g/mol. The van der Waals surface area contributed by atoms with Gasteiger partial charge in [0, 0.05) is 29.9 Å². The second-order valence-electron chi connectivity index (χ2n) is 11.2. The van der Waals surface area contributed by atoms with Crippen LogP contribution in [0.25, 0.3) is 6.08 Å². The molecule has 4 aromatic carbocycles. The van der Waals surface area contributed by atoms with Crippen LogP contribution >= 0.6 is 0 Å². The molecule has 3 heterocycles. The number of carbonyl (C=O) groups is 4. The quantitative estimate of drug-likeness (QED) is 0.179. The molecule has 218 valence electrons. The van der Waals surface area contributed by atoms with Crippen LogP contribution in [0.5, 0.6) is 11.5 Å². The molecule has 4 aromatic rings. The molecule has 0 saturated carbocycles. The number of amides is 1. The zero-order valence-corrected chi connectivity index (χ0v) is 24.0. The van der Waals surface area contributed by atoms with E-state index < -0.39 is 29.4 Å². The number of ether oxygens (including phenoxy) is 2. The Morgan fingerprint density at radius 3 is 2.14 bits per heavy atom. The minimum absolute atomic E-state index is 0.302. The number of para-hydroxylation sites is 1. The first-order chi connectivity index (χ1) is 21.3. The van der Waals surface area contributed by atoms with E-state index in [2.05, 4.69) is 5.32 Å². The van der Waals surface area contributed by atoms with Crippen molar-refractivity contribution in [3.05, 3.63) is 131 Å². The third-order valence-electron chi connectivity index (χ3n) is 8.90. The number of esters is 1. The van der Waals surface area contributed by atoms with E-state index in [0.29, 0.717) is 33.9 Å². The van der Waals surface area contributed by atoms with Gasteiger partial charge in [0.2, 0.25) is 5.91 Å². The molecule has 1 saturated heterocycles. The zero-order valence-electron chi connectivity index (χ0n) is 24.0. The van der Waals surface area contributed by atoms with E-state index in [9.17, 15) is 19.2 Å². The zero-order chi connectivity index (χ0) is 30.6. The van der Waals surface area contributed by atoms with Crippen molar-refractivity contribution < 1.29 is 28.7 Å². The molecule has 7 rings (SSSR count). The Bertz CT molecular complexity index is 1860. The maximum Gasteiger partial charge on any atom is 0.308 e. The van der Waals surface area contributed by atoms with E-state index in [4.69, 9.17) is 9.47 Å². The van der Waals surface area contributed by atoms with Crippen LogP contribution in [0.3, 0.4) is 0 Å². The van der Waals surface area contributed by atoms with E-state index in [0.717, 1.165) is 11.1 Å². The van der Waals surface area contributed by atoms with Gasteiger partial charge < -0.3 is 19.7 Å². The van der Waals surface area contributed by atoms with Gasteiger partial charge in [-0.15, -0.1) is 0 Å². The molecule has 8 nitrogen and oxygen atoms in total. The first-order valence-corrected chi connectivity index (χ1v) is 14.3. The normalized spacial score (nSPS) is 22.5. The highest BCUT2D eigenvalue weighted by Crippen LogP contribution is 2.62. The molecule has 1 fully saturated rings. The second kappa shape index (κ2) is 10.3. The number of ketones is 2. The summed E-state index contributed by atoms with van der Waals surface area (Å²) in [6.45, 7) is 1.30. The van der Waals surface area contributed by atoms with E-state index in [1.165, 1.54) is 6.92 Å². The summed E-state index contributed by atoms with van der Waals surface area (Å²) in [4.78, 5) is 57.4. The molecular weight excluding hydrogens is 556 g/mol. The molecule has 0 aliphatic carbocycles. The Morgan fingerprint density at radius 1 is 0.795 bits per heavy atom. The maximum atomic E-state index is 14.9. The van der Waals surface area contributed by atoms with Crippen molar-refractivity contribution in [2.24, 2.45) is 5.92 Å². The van der Waals surface area contributed by atoms with Gasteiger partial charge in [0.1, 0.15) is 23.0 Å². The summed E-state index contributed by atoms with van der Waals surface area (Å²) in [6.07, 6.45) is 3.75. The SMILES string of the molecule is COc1ccc(C(=O)[C@H]2[C@H](C(=O)c3ccc(OC(C)=O)cc3)N3C=Cc4ccccc4[C@@H]3[C@@]23C(=O)Nc2ccccc23)cc1. The van der Waals surface area contributed by atoms with Crippen LogP contribution in [-0.2, 0) is 15.0 Å². The summed E-state index contributed by atoms with van der Waals surface area (Å²) in [5.41, 5.74) is 2.34. The van der Waals surface area contributed by atoms with Crippen LogP contribution in [0.1, 0.15) is 50.4 Å². The highest BCUT2D eigenvalue weighted by Gasteiger charge is 2.70. The molecule has 1 spiro atoms. The summed E-state index contributed by atoms with van der Waals surface area (Å²) in [7, 11) is 1.55. The minimum Gasteiger partial charge on any atom is -0.497 e. The summed E-state index contributed by atoms with van der Waals surface area (Å²) in [5, 5.41) is 3.05. The summed E-state index contributed by atoms with van der Waals surface area (Å²) in [5.74, 6) is -1.66. The lowest BCUT2D eigenvalue weighted by atomic mass is 9.62. The topological polar surface area (TPSA) is 102 Å². The number of nitrogens with one attached hydrogen (secondary N) is 1. The number of Topliss-reactive ketones (excluding diaryl/α,β-unsaturated/α-hetero) is 2. The maximum absolute atomic E-state index is 14.9. The van der Waals surface area contributed by atoms with Gasteiger partial charge in [-0.25, -0.2) is 0 Å². The van der Waals surface area contributed by atoms with Crippen molar-refractivity contribution in [2.45, 2.75) is 24.4 Å². The van der Waals surface area contributed by atoms with Crippen LogP contribution in [-0.4, -0.2) is 41.5 Å². The fourth-order valence-electron chi connectivity index (χ4n) is 7.13. The highest BCUT2D eigenvalue weighted by molar-refractivity contribution is 6.16. The lowest BCUT2D eigenvalue weighted by molar-refractivity contribution is -0.131. The van der Waals surface area contributed by atoms with Crippen LogP contribution in [0.2, 0.25) is 0 Å². The predicted octanol–water partition coefficient (Wildman–Crippen LogP) is 5.60. The van der Waals surface area contributed by atoms with Crippen LogP contribution < -0.4 is 14.8 Å². The number of hydrogen-bond donors (Lipinski definition) is 1. The number of methoxy groups -OCH3 is 1. The Kier molecular flexibility index (Phi) is 6.43. The third-order valence-corrected chi connectivity index (χ3v) is 8.90. The molecule has 3 aliphatic heterocycles. The molecule has 0 unspecified atom stereocenters. The molecule has 0 radical (unpaired) electrons. The van der Waals surface area contributed by atoms with Crippen molar-refractivity contribution >= 4 is 35.2 Å². The van der Waals surface area contributed by atoms with E-state index in [1.54, 1.807) is 55.6 Å². The highest BCUT2D eigenvalue weighted by atomic mass is 16.5. The molecule has 3 aliphatic rings. The minimum atomic E-state index is -1.42. The fraction of sp³-hybridized carbons (Fsp3) is 0.167. The molecule has 4 atom stereocenters. The molecule has 0 bridgehead atoms. The number of nitrogens with zero attached hydrogens (tertiary/aromatic N) is 1. The summed E-state index contributed by atoms with van der Waals surface area (Å²) >= 11 is 0. The number of hydrogen-bond acceptors (Lipinski definition) is 7. The van der Waals surface area contributed by atoms with Gasteiger partial charge in [-0.1, -0.05) is 42.5 Å². The van der Waals surface area contributed by atoms with Gasteiger partial charge in [-0.05, 0) is 77.4 Å². The summed E-state index contributed by atoms with van der Waals surface area (Å²) < 4.78 is 10.5. The van der Waals surface area contributed by atoms with Gasteiger partial charge in [0.25, 0.3) is 0 Å². The number of carbonyl (C=O) groups excluding carboxylic acids is 4. The number of fused-ring (bicyclic) bond motifs is 6. The van der Waals surface area contributed by atoms with Gasteiger partial charge in [0.15, 0.2) is 11.6 Å². The molecule has 1 amide bonds. The standard InChI is InChI=1S/C36H28N2O6/c1-21(39)44-26-17-13-24(14-18-26)33(41)31-30(32(40)23-11-15-25(43-2)16-12-23)36(28-9-5-6-10-29(28)37-35(36)42)34-27-8-4-3-7-22(27)19-20-38(31)34/h3-20,30-31,34H,1-2H3,(H,37,42)/t30-,31-,34-,36+/m1/s1. The van der Waals surface area contributed by atoms with Crippen molar-refractivity contribution in [1.82, 2.24) is 4.90 Å². The van der Waals surface area contributed by atoms with E-state index in [1.807, 2.05) is 65.7 Å². The first-order valence-electron chi connectivity index (χ1n) is 14.3. The average molecular weight is 585 g/mol. The van der Waals surface area contributed by atoms with E-state index >= 15 is 0 Å². The molecular formula is C36H28N2O6. The molecule has 0 aromatic heterocycles. The van der Waals surface area contributed by atoms with Crippen LogP contribution in [0.4, 0.5) is 5.69 Å². The number of rotatable bonds is 6. The van der Waals surface area contributed by atoms with Crippen molar-refractivity contribution in [3.63, 3.8) is 0 Å².